The molecule has 1 heterocycles. The Balaban J connectivity index is 2.73. The fraction of sp³-hybridized carbons (Fsp3) is 0.636. The van der Waals surface area contributed by atoms with Crippen LogP contribution in [0.4, 0.5) is 0 Å². The molecule has 0 aliphatic rings. The zero-order chi connectivity index (χ0) is 12.3. The first kappa shape index (κ1) is 12.7. The highest BCUT2D eigenvalue weighted by atomic mass is 16.6. The Morgan fingerprint density at radius 3 is 2.69 bits per heavy atom. The van der Waals surface area contributed by atoms with Crippen molar-refractivity contribution in [1.82, 2.24) is 9.55 Å². The van der Waals surface area contributed by atoms with Crippen molar-refractivity contribution >= 4 is 5.97 Å². The third-order valence-corrected chi connectivity index (χ3v) is 1.99. The molecule has 1 aromatic heterocycles. The number of hydrogen-bond acceptors (Lipinski definition) is 4. The molecular weight excluding hydrogens is 208 g/mol. The highest BCUT2D eigenvalue weighted by Gasteiger charge is 2.18. The summed E-state index contributed by atoms with van der Waals surface area (Å²) >= 11 is 0. The second kappa shape index (κ2) is 4.65. The standard InChI is InChI=1S/C11H18N2O3/c1-8-5-12-9(7-14)13(8)6-10(15)16-11(2,3)4/h5,14H,6-7H2,1-4H3. The van der Waals surface area contributed by atoms with Gasteiger partial charge < -0.3 is 14.4 Å². The van der Waals surface area contributed by atoms with Gasteiger partial charge in [-0.15, -0.1) is 0 Å². The van der Waals surface area contributed by atoms with Crippen molar-refractivity contribution in [2.75, 3.05) is 0 Å². The smallest absolute Gasteiger partial charge is 0.326 e. The maximum atomic E-state index is 11.6. The van der Waals surface area contributed by atoms with Gasteiger partial charge in [-0.25, -0.2) is 4.98 Å². The molecule has 0 saturated carbocycles. The summed E-state index contributed by atoms with van der Waals surface area (Å²) in [6.45, 7) is 7.18. The number of aryl methyl sites for hydroxylation is 1. The first-order valence-electron chi connectivity index (χ1n) is 5.17. The Labute approximate surface area is 95.1 Å². The van der Waals surface area contributed by atoms with Crippen LogP contribution in [-0.4, -0.2) is 26.2 Å². The number of hydrogen-bond donors (Lipinski definition) is 1. The average molecular weight is 226 g/mol. The SMILES string of the molecule is Cc1cnc(CO)n1CC(=O)OC(C)(C)C. The molecule has 1 aromatic rings. The van der Waals surface area contributed by atoms with Crippen LogP contribution in [0.5, 0.6) is 0 Å². The minimum Gasteiger partial charge on any atom is -0.459 e. The number of carbonyl (C=O) groups excluding carboxylic acids is 1. The largest absolute Gasteiger partial charge is 0.459 e. The predicted octanol–water partition coefficient (Wildman–Crippen LogP) is 1.03. The molecular formula is C11H18N2O3. The van der Waals surface area contributed by atoms with Crippen LogP contribution in [0.25, 0.3) is 0 Å². The van der Waals surface area contributed by atoms with Gasteiger partial charge >= 0.3 is 5.97 Å². The van der Waals surface area contributed by atoms with Gasteiger partial charge in [0.2, 0.25) is 0 Å². The van der Waals surface area contributed by atoms with E-state index in [1.165, 1.54) is 0 Å². The Morgan fingerprint density at radius 2 is 2.19 bits per heavy atom. The number of imidazole rings is 1. The molecule has 5 heteroatoms. The van der Waals surface area contributed by atoms with Crippen molar-refractivity contribution in [3.05, 3.63) is 17.7 Å². The second-order valence-corrected chi connectivity index (χ2v) is 4.65. The predicted molar refractivity (Wildman–Crippen MR) is 58.7 cm³/mol. The summed E-state index contributed by atoms with van der Waals surface area (Å²) in [6, 6.07) is 0. The van der Waals surface area contributed by atoms with Crippen LogP contribution < -0.4 is 0 Å². The average Bonchev–Trinajstić information content (AvgIpc) is 2.44. The lowest BCUT2D eigenvalue weighted by Crippen LogP contribution is -2.27. The van der Waals surface area contributed by atoms with Gasteiger partial charge in [-0.1, -0.05) is 0 Å². The van der Waals surface area contributed by atoms with E-state index in [-0.39, 0.29) is 19.1 Å². The van der Waals surface area contributed by atoms with Gasteiger partial charge in [0.15, 0.2) is 0 Å². The highest BCUT2D eigenvalue weighted by Crippen LogP contribution is 2.10. The fourth-order valence-corrected chi connectivity index (χ4v) is 1.36. The Morgan fingerprint density at radius 1 is 1.56 bits per heavy atom. The third-order valence-electron chi connectivity index (χ3n) is 1.99. The minimum absolute atomic E-state index is 0.0823. The van der Waals surface area contributed by atoms with Crippen molar-refractivity contribution in [3.63, 3.8) is 0 Å². The van der Waals surface area contributed by atoms with Gasteiger partial charge in [-0.3, -0.25) is 4.79 Å². The summed E-state index contributed by atoms with van der Waals surface area (Å²) in [4.78, 5) is 15.6. The van der Waals surface area contributed by atoms with Gasteiger partial charge in [-0.05, 0) is 27.7 Å². The fourth-order valence-electron chi connectivity index (χ4n) is 1.36. The number of esters is 1. The summed E-state index contributed by atoms with van der Waals surface area (Å²) in [6.07, 6.45) is 1.62. The third kappa shape index (κ3) is 3.34. The summed E-state index contributed by atoms with van der Waals surface area (Å²) in [7, 11) is 0. The molecule has 0 aliphatic heterocycles. The molecule has 0 saturated heterocycles. The van der Waals surface area contributed by atoms with Crippen LogP contribution in [0, 0.1) is 6.92 Å². The van der Waals surface area contributed by atoms with E-state index in [4.69, 9.17) is 9.84 Å². The van der Waals surface area contributed by atoms with E-state index in [9.17, 15) is 4.79 Å². The first-order chi connectivity index (χ1) is 7.33. The molecule has 16 heavy (non-hydrogen) atoms. The topological polar surface area (TPSA) is 64.4 Å². The molecule has 1 N–H and O–H groups in total. The lowest BCUT2D eigenvalue weighted by molar-refractivity contribution is -0.155. The Bertz CT molecular complexity index is 377. The summed E-state index contributed by atoms with van der Waals surface area (Å²) in [5.41, 5.74) is 0.334. The van der Waals surface area contributed by atoms with Crippen LogP contribution in [0.3, 0.4) is 0 Å². The molecule has 0 aliphatic carbocycles. The van der Waals surface area contributed by atoms with Crippen molar-refractivity contribution < 1.29 is 14.6 Å². The van der Waals surface area contributed by atoms with E-state index < -0.39 is 5.60 Å². The van der Waals surface area contributed by atoms with Crippen molar-refractivity contribution in [1.29, 1.82) is 0 Å². The summed E-state index contributed by atoms with van der Waals surface area (Å²) in [5.74, 6) is 0.145. The van der Waals surface area contributed by atoms with Gasteiger partial charge in [-0.2, -0.15) is 0 Å². The Hall–Kier alpha value is -1.36. The maximum Gasteiger partial charge on any atom is 0.326 e. The highest BCUT2D eigenvalue weighted by molar-refractivity contribution is 5.69. The Kier molecular flexibility index (Phi) is 3.70. The molecule has 0 spiro atoms. The number of aromatic nitrogens is 2. The molecule has 90 valence electrons. The molecule has 0 aromatic carbocycles. The number of rotatable bonds is 3. The monoisotopic (exact) mass is 226 g/mol. The van der Waals surface area contributed by atoms with E-state index in [2.05, 4.69) is 4.98 Å². The van der Waals surface area contributed by atoms with E-state index >= 15 is 0 Å². The first-order valence-corrected chi connectivity index (χ1v) is 5.17. The number of ether oxygens (including phenoxy) is 1. The van der Waals surface area contributed by atoms with Gasteiger partial charge in [0.1, 0.15) is 24.6 Å². The van der Waals surface area contributed by atoms with Crippen LogP contribution in [0.15, 0.2) is 6.20 Å². The quantitative estimate of drug-likeness (QED) is 0.782. The van der Waals surface area contributed by atoms with Gasteiger partial charge in [0.05, 0.1) is 0 Å². The lowest BCUT2D eigenvalue weighted by atomic mass is 10.2. The summed E-state index contributed by atoms with van der Waals surface area (Å²) < 4.78 is 6.84. The molecule has 0 unspecified atom stereocenters. The second-order valence-electron chi connectivity index (χ2n) is 4.65. The number of aliphatic hydroxyl groups is 1. The number of nitrogens with zero attached hydrogens (tertiary/aromatic N) is 2. The van der Waals surface area contributed by atoms with E-state index in [0.717, 1.165) is 5.69 Å². The van der Waals surface area contributed by atoms with E-state index in [0.29, 0.717) is 5.82 Å². The molecule has 0 fully saturated rings. The zero-order valence-electron chi connectivity index (χ0n) is 10.1. The van der Waals surface area contributed by atoms with Gasteiger partial charge in [0, 0.05) is 11.9 Å². The van der Waals surface area contributed by atoms with Gasteiger partial charge in [0.25, 0.3) is 0 Å². The maximum absolute atomic E-state index is 11.6. The molecule has 0 bridgehead atoms. The van der Waals surface area contributed by atoms with Crippen LogP contribution in [-0.2, 0) is 22.7 Å². The lowest BCUT2D eigenvalue weighted by Gasteiger charge is -2.20. The van der Waals surface area contributed by atoms with Crippen LogP contribution in [0.1, 0.15) is 32.3 Å². The van der Waals surface area contributed by atoms with E-state index in [1.807, 2.05) is 27.7 Å². The number of carbonyl (C=O) groups is 1. The van der Waals surface area contributed by atoms with E-state index in [1.54, 1.807) is 10.8 Å². The van der Waals surface area contributed by atoms with Crippen molar-refractivity contribution in [2.45, 2.75) is 46.4 Å². The summed E-state index contributed by atoms with van der Waals surface area (Å²) in [5, 5.41) is 9.04. The van der Waals surface area contributed by atoms with Crippen LogP contribution >= 0.6 is 0 Å². The minimum atomic E-state index is -0.495. The molecule has 1 rings (SSSR count). The molecule has 0 amide bonds. The molecule has 5 nitrogen and oxygen atoms in total. The number of aliphatic hydroxyl groups excluding tert-OH is 1. The molecule has 0 atom stereocenters. The van der Waals surface area contributed by atoms with Crippen molar-refractivity contribution in [3.8, 4) is 0 Å². The zero-order valence-corrected chi connectivity index (χ0v) is 10.1. The van der Waals surface area contributed by atoms with Crippen LogP contribution in [0.2, 0.25) is 0 Å². The van der Waals surface area contributed by atoms with Crippen molar-refractivity contribution in [2.24, 2.45) is 0 Å². The molecule has 0 radical (unpaired) electrons. The normalized spacial score (nSPS) is 11.6.